The van der Waals surface area contributed by atoms with Gasteiger partial charge < -0.3 is 20.6 Å². The molecule has 3 N–H and O–H groups in total. The molecule has 3 heterocycles. The Morgan fingerprint density at radius 3 is 2.64 bits per heavy atom. The summed E-state index contributed by atoms with van der Waals surface area (Å²) in [6.07, 6.45) is 11.2. The van der Waals surface area contributed by atoms with Crippen LogP contribution in [0.1, 0.15) is 59.3 Å². The van der Waals surface area contributed by atoms with Gasteiger partial charge in [-0.25, -0.2) is 0 Å². The Morgan fingerprint density at radius 2 is 2.03 bits per heavy atom. The fourth-order valence-electron chi connectivity index (χ4n) is 5.20. The third-order valence-electron chi connectivity index (χ3n) is 7.30. The monoisotopic (exact) mass is 488 g/mol. The van der Waals surface area contributed by atoms with E-state index in [4.69, 9.17) is 5.73 Å². The van der Waals surface area contributed by atoms with Crippen LogP contribution in [0.5, 0.6) is 0 Å². The number of nitrogens with one attached hydrogen (secondary N) is 1. The van der Waals surface area contributed by atoms with Crippen LogP contribution in [0.4, 0.5) is 0 Å². The zero-order chi connectivity index (χ0) is 25.7. The number of hydrogen-bond donors (Lipinski definition) is 2. The van der Waals surface area contributed by atoms with Gasteiger partial charge >= 0.3 is 0 Å². The van der Waals surface area contributed by atoms with E-state index in [1.807, 2.05) is 46.0 Å². The van der Waals surface area contributed by atoms with E-state index < -0.39 is 0 Å². The first-order valence-corrected chi connectivity index (χ1v) is 12.6. The number of likely N-dealkylation sites (N-methyl/N-ethyl adjacent to an activating group) is 1. The fourth-order valence-corrected chi connectivity index (χ4v) is 5.20. The number of piperidine rings is 1. The molecule has 8 nitrogen and oxygen atoms in total. The van der Waals surface area contributed by atoms with E-state index in [1.54, 1.807) is 19.2 Å². The van der Waals surface area contributed by atoms with E-state index in [0.29, 0.717) is 23.8 Å². The van der Waals surface area contributed by atoms with Crippen LogP contribution < -0.4 is 11.2 Å². The quantitative estimate of drug-likeness (QED) is 0.186. The second kappa shape index (κ2) is 11.4. The van der Waals surface area contributed by atoms with Gasteiger partial charge in [0.25, 0.3) is 0 Å². The molecular formula is C28H36N6O2. The van der Waals surface area contributed by atoms with Crippen molar-refractivity contribution >= 4 is 24.1 Å². The summed E-state index contributed by atoms with van der Waals surface area (Å²) < 4.78 is 1.92. The minimum Gasteiger partial charge on any atom is -0.381 e. The second-order valence-corrected chi connectivity index (χ2v) is 9.32. The Balaban J connectivity index is 1.64. The molecule has 0 radical (unpaired) electrons. The van der Waals surface area contributed by atoms with Crippen LogP contribution in [0.15, 0.2) is 54.3 Å². The summed E-state index contributed by atoms with van der Waals surface area (Å²) in [5.74, 6) is 0.291. The molecule has 2 aliphatic rings. The molecule has 8 heteroatoms. The number of hydrogen-bond acceptors (Lipinski definition) is 5. The van der Waals surface area contributed by atoms with Crippen LogP contribution in [0, 0.1) is 0 Å². The van der Waals surface area contributed by atoms with Crippen molar-refractivity contribution in [2.45, 2.75) is 38.1 Å². The van der Waals surface area contributed by atoms with Crippen molar-refractivity contribution in [2.24, 2.45) is 10.8 Å². The molecule has 2 saturated heterocycles. The maximum absolute atomic E-state index is 13.0. The number of carbonyl (C=O) groups excluding carboxylic acids is 2. The number of nitrogens with two attached hydrogens (primary N) is 1. The van der Waals surface area contributed by atoms with Gasteiger partial charge in [-0.3, -0.25) is 14.5 Å². The van der Waals surface area contributed by atoms with Crippen LogP contribution in [-0.2, 0) is 4.79 Å². The van der Waals surface area contributed by atoms with E-state index in [1.165, 1.54) is 0 Å². The lowest BCUT2D eigenvalue weighted by molar-refractivity contribution is -0.127. The first kappa shape index (κ1) is 25.4. The normalized spacial score (nSPS) is 20.8. The highest BCUT2D eigenvalue weighted by Crippen LogP contribution is 2.33. The van der Waals surface area contributed by atoms with Gasteiger partial charge in [0.15, 0.2) is 12.1 Å². The van der Waals surface area contributed by atoms with E-state index in [9.17, 15) is 9.59 Å². The molecule has 2 aliphatic heterocycles. The van der Waals surface area contributed by atoms with Crippen LogP contribution in [0.25, 0.3) is 11.8 Å². The Bertz CT molecular complexity index is 1160. The van der Waals surface area contributed by atoms with Crippen molar-refractivity contribution in [3.63, 3.8) is 0 Å². The molecule has 1 amide bonds. The van der Waals surface area contributed by atoms with Crippen molar-refractivity contribution in [3.8, 4) is 5.69 Å². The van der Waals surface area contributed by atoms with Crippen LogP contribution in [-0.4, -0.2) is 71.7 Å². The number of amidine groups is 1. The Morgan fingerprint density at radius 1 is 1.25 bits per heavy atom. The molecule has 0 aliphatic carbocycles. The van der Waals surface area contributed by atoms with Crippen molar-refractivity contribution in [1.82, 2.24) is 19.8 Å². The van der Waals surface area contributed by atoms with Crippen molar-refractivity contribution in [1.29, 1.82) is 0 Å². The van der Waals surface area contributed by atoms with E-state index in [0.717, 1.165) is 62.0 Å². The lowest BCUT2D eigenvalue weighted by atomic mass is 9.89. The SMILES string of the molecule is C=Cc1ccc(-n2cc(C3CCCN(C(=O)/C=C/C4CCN4CC)C3)c(C=O)c2/C(N)=N\NC)cc1. The lowest BCUT2D eigenvalue weighted by Crippen LogP contribution is -2.46. The zero-order valence-corrected chi connectivity index (χ0v) is 21.2. The van der Waals surface area contributed by atoms with Crippen molar-refractivity contribution in [3.05, 3.63) is 71.6 Å². The molecule has 0 bridgehead atoms. The maximum Gasteiger partial charge on any atom is 0.246 e. The number of amides is 1. The molecule has 0 saturated carbocycles. The summed E-state index contributed by atoms with van der Waals surface area (Å²) in [4.78, 5) is 29.6. The third kappa shape index (κ3) is 5.14. The number of likely N-dealkylation sites (tertiary alicyclic amines) is 2. The molecule has 1 aromatic heterocycles. The van der Waals surface area contributed by atoms with Crippen molar-refractivity contribution < 1.29 is 9.59 Å². The van der Waals surface area contributed by atoms with Gasteiger partial charge in [0.05, 0.1) is 0 Å². The molecule has 4 rings (SSSR count). The number of aromatic nitrogens is 1. The molecule has 0 spiro atoms. The van der Waals surface area contributed by atoms with Crippen LogP contribution >= 0.6 is 0 Å². The molecule has 2 atom stereocenters. The van der Waals surface area contributed by atoms with Gasteiger partial charge in [-0.1, -0.05) is 37.8 Å². The van der Waals surface area contributed by atoms with E-state index in [2.05, 4.69) is 28.9 Å². The lowest BCUT2D eigenvalue weighted by Gasteiger charge is -2.38. The molecular weight excluding hydrogens is 452 g/mol. The minimum atomic E-state index is 0.0296. The predicted molar refractivity (Wildman–Crippen MR) is 144 cm³/mol. The highest BCUT2D eigenvalue weighted by atomic mass is 16.2. The smallest absolute Gasteiger partial charge is 0.246 e. The Hall–Kier alpha value is -3.65. The summed E-state index contributed by atoms with van der Waals surface area (Å²) in [5, 5.41) is 4.16. The number of hydrazone groups is 1. The molecule has 1 aromatic carbocycles. The molecule has 2 aromatic rings. The first-order valence-electron chi connectivity index (χ1n) is 12.6. The number of nitrogens with zero attached hydrogens (tertiary/aromatic N) is 4. The summed E-state index contributed by atoms with van der Waals surface area (Å²) >= 11 is 0. The Labute approximate surface area is 213 Å². The van der Waals surface area contributed by atoms with Gasteiger partial charge in [-0.05, 0) is 49.1 Å². The number of benzene rings is 1. The first-order chi connectivity index (χ1) is 17.5. The van der Waals surface area contributed by atoms with Gasteiger partial charge in [-0.15, -0.1) is 0 Å². The van der Waals surface area contributed by atoms with E-state index in [-0.39, 0.29) is 17.7 Å². The Kier molecular flexibility index (Phi) is 8.05. The molecule has 2 fully saturated rings. The fraction of sp³-hybridized carbons (Fsp3) is 0.393. The highest BCUT2D eigenvalue weighted by molar-refractivity contribution is 6.04. The topological polar surface area (TPSA) is 96.0 Å². The summed E-state index contributed by atoms with van der Waals surface area (Å²) in [7, 11) is 1.67. The van der Waals surface area contributed by atoms with Gasteiger partial charge in [0, 0.05) is 62.2 Å². The summed E-state index contributed by atoms with van der Waals surface area (Å²) in [5.41, 5.74) is 12.9. The van der Waals surface area contributed by atoms with Crippen LogP contribution in [0.2, 0.25) is 0 Å². The number of carbonyl (C=O) groups is 2. The van der Waals surface area contributed by atoms with Crippen molar-refractivity contribution in [2.75, 3.05) is 33.2 Å². The minimum absolute atomic E-state index is 0.0296. The maximum atomic E-state index is 13.0. The van der Waals surface area contributed by atoms with Crippen LogP contribution in [0.3, 0.4) is 0 Å². The zero-order valence-electron chi connectivity index (χ0n) is 21.2. The molecule has 190 valence electrons. The largest absolute Gasteiger partial charge is 0.381 e. The third-order valence-corrected chi connectivity index (χ3v) is 7.30. The van der Waals surface area contributed by atoms with Gasteiger partial charge in [0.2, 0.25) is 5.91 Å². The van der Waals surface area contributed by atoms with E-state index >= 15 is 0 Å². The number of aldehydes is 1. The average Bonchev–Trinajstić information content (AvgIpc) is 3.28. The average molecular weight is 489 g/mol. The number of rotatable bonds is 9. The molecule has 36 heavy (non-hydrogen) atoms. The van der Waals surface area contributed by atoms with Gasteiger partial charge in [-0.2, -0.15) is 5.10 Å². The molecule has 2 unspecified atom stereocenters. The standard InChI is InChI=1S/C28H36N6O2/c1-4-20-8-10-23(11-9-20)34-18-24(25(19-35)27(34)28(29)31-30-3)21-7-6-15-33(17-21)26(36)13-12-22-14-16-32(22)5-2/h4,8-13,18-19,21-22,30H,1,5-7,14-17H2,2-3H3,(H2,29,31)/b13-12+. The summed E-state index contributed by atoms with van der Waals surface area (Å²) in [6.45, 7) is 9.34. The second-order valence-electron chi connectivity index (χ2n) is 9.32. The highest BCUT2D eigenvalue weighted by Gasteiger charge is 2.30. The van der Waals surface area contributed by atoms with Gasteiger partial charge in [0.1, 0.15) is 5.69 Å². The summed E-state index contributed by atoms with van der Waals surface area (Å²) in [6, 6.07) is 8.22. The predicted octanol–water partition coefficient (Wildman–Crippen LogP) is 3.13.